The van der Waals surface area contributed by atoms with Crippen LogP contribution in [-0.2, 0) is 9.59 Å². The molecular formula is C24H21N3O3. The number of carbonyl (C=O) groups excluding carboxylic acids is 3. The smallest absolute Gasteiger partial charge is 0.240 e. The summed E-state index contributed by atoms with van der Waals surface area (Å²) in [6.07, 6.45) is 5.23. The van der Waals surface area contributed by atoms with Crippen molar-refractivity contribution in [1.29, 1.82) is 0 Å². The highest BCUT2D eigenvalue weighted by Gasteiger charge is 2.64. The zero-order chi connectivity index (χ0) is 21.0. The van der Waals surface area contributed by atoms with Crippen molar-refractivity contribution in [1.82, 2.24) is 5.01 Å². The number of hydrogen-bond donors (Lipinski definition) is 0. The lowest BCUT2D eigenvalue weighted by atomic mass is 9.86. The standard InChI is InChI=1S/C24H21N3O3/c1-14-10-11-17(15(2)13-14)26-23(29)19-18-9-6-12-25-27(18)21(20(19)24(26)30)22(28)16-7-4-3-5-8-16/h3-13,18-21H,1-2H3/t18-,19+,20+,21-/m0/s1. The summed E-state index contributed by atoms with van der Waals surface area (Å²) in [5.74, 6) is -2.19. The lowest BCUT2D eigenvalue weighted by molar-refractivity contribution is -0.123. The fourth-order valence-electron chi connectivity index (χ4n) is 4.90. The summed E-state index contributed by atoms with van der Waals surface area (Å²) in [4.78, 5) is 41.8. The second kappa shape index (κ2) is 6.76. The predicted octanol–water partition coefficient (Wildman–Crippen LogP) is 2.90. The fourth-order valence-corrected chi connectivity index (χ4v) is 4.90. The first-order valence-electron chi connectivity index (χ1n) is 10.0. The third kappa shape index (κ3) is 2.56. The van der Waals surface area contributed by atoms with Crippen LogP contribution in [0.2, 0.25) is 0 Å². The highest BCUT2D eigenvalue weighted by molar-refractivity contribution is 6.25. The number of Topliss-reactive ketones (excluding diaryl/α,β-unsaturated/α-hetero) is 1. The van der Waals surface area contributed by atoms with E-state index in [9.17, 15) is 14.4 Å². The SMILES string of the molecule is Cc1ccc(N2C(=O)[C@@H]3[C@H](C2=O)[C@@H]2C=CC=NN2[C@@H]3C(=O)c2ccccc2)c(C)c1. The van der Waals surface area contributed by atoms with Gasteiger partial charge in [0.15, 0.2) is 5.78 Å². The summed E-state index contributed by atoms with van der Waals surface area (Å²) >= 11 is 0. The topological polar surface area (TPSA) is 70.1 Å². The lowest BCUT2D eigenvalue weighted by Gasteiger charge is -2.30. The molecule has 0 saturated carbocycles. The van der Waals surface area contributed by atoms with E-state index in [-0.39, 0.29) is 17.6 Å². The predicted molar refractivity (Wildman–Crippen MR) is 113 cm³/mol. The van der Waals surface area contributed by atoms with Crippen LogP contribution in [-0.4, -0.2) is 40.9 Å². The van der Waals surface area contributed by atoms with Crippen molar-refractivity contribution in [3.8, 4) is 0 Å². The number of nitrogens with zero attached hydrogens (tertiary/aromatic N) is 3. The van der Waals surface area contributed by atoms with Crippen molar-refractivity contribution in [2.45, 2.75) is 25.9 Å². The van der Waals surface area contributed by atoms with E-state index in [1.54, 1.807) is 41.6 Å². The van der Waals surface area contributed by atoms with Gasteiger partial charge in [0.25, 0.3) is 0 Å². The van der Waals surface area contributed by atoms with Crippen LogP contribution in [0.3, 0.4) is 0 Å². The van der Waals surface area contributed by atoms with Crippen LogP contribution in [0.1, 0.15) is 21.5 Å². The molecule has 0 spiro atoms. The van der Waals surface area contributed by atoms with Crippen molar-refractivity contribution < 1.29 is 14.4 Å². The number of fused-ring (bicyclic) bond motifs is 3. The van der Waals surface area contributed by atoms with E-state index in [1.165, 1.54) is 4.90 Å². The van der Waals surface area contributed by atoms with Crippen LogP contribution in [0, 0.1) is 25.7 Å². The van der Waals surface area contributed by atoms with Crippen molar-refractivity contribution in [3.63, 3.8) is 0 Å². The highest BCUT2D eigenvalue weighted by Crippen LogP contribution is 2.46. The number of carbonyl (C=O) groups is 3. The summed E-state index contributed by atoms with van der Waals surface area (Å²) in [6, 6.07) is 13.3. The third-order valence-electron chi connectivity index (χ3n) is 6.21. The van der Waals surface area contributed by atoms with E-state index < -0.39 is 23.9 Å². The van der Waals surface area contributed by atoms with Gasteiger partial charge in [0.1, 0.15) is 6.04 Å². The first-order valence-corrected chi connectivity index (χ1v) is 10.0. The average molecular weight is 399 g/mol. The quantitative estimate of drug-likeness (QED) is 0.588. The normalized spacial score (nSPS) is 26.9. The van der Waals surface area contributed by atoms with Crippen LogP contribution in [0.15, 0.2) is 65.8 Å². The van der Waals surface area contributed by atoms with Crippen LogP contribution < -0.4 is 4.90 Å². The first kappa shape index (κ1) is 18.5. The van der Waals surface area contributed by atoms with E-state index >= 15 is 0 Å². The molecule has 2 amide bonds. The molecule has 2 aromatic rings. The Hall–Kier alpha value is -3.54. The summed E-state index contributed by atoms with van der Waals surface area (Å²) in [7, 11) is 0. The van der Waals surface area contributed by atoms with Crippen LogP contribution >= 0.6 is 0 Å². The molecule has 4 atom stereocenters. The number of amides is 2. The molecule has 3 aliphatic rings. The number of ketones is 1. The molecular weight excluding hydrogens is 378 g/mol. The Morgan fingerprint density at radius 3 is 2.43 bits per heavy atom. The molecule has 2 aromatic carbocycles. The second-order valence-electron chi connectivity index (χ2n) is 8.05. The number of anilines is 1. The average Bonchev–Trinajstić information content (AvgIpc) is 3.22. The van der Waals surface area contributed by atoms with Crippen molar-refractivity contribution in [2.75, 3.05) is 4.90 Å². The van der Waals surface area contributed by atoms with Gasteiger partial charge in [-0.1, -0.05) is 54.1 Å². The molecule has 6 nitrogen and oxygen atoms in total. The van der Waals surface area contributed by atoms with Gasteiger partial charge in [0, 0.05) is 11.8 Å². The molecule has 0 bridgehead atoms. The summed E-state index contributed by atoms with van der Waals surface area (Å²) < 4.78 is 0. The van der Waals surface area contributed by atoms with Gasteiger partial charge < -0.3 is 0 Å². The minimum absolute atomic E-state index is 0.191. The van der Waals surface area contributed by atoms with Gasteiger partial charge >= 0.3 is 0 Å². The lowest BCUT2D eigenvalue weighted by Crippen LogP contribution is -2.46. The molecule has 2 saturated heterocycles. The number of rotatable bonds is 3. The Labute approximate surface area is 174 Å². The number of hydrazone groups is 1. The molecule has 0 aromatic heterocycles. The van der Waals surface area contributed by atoms with E-state index in [4.69, 9.17) is 0 Å². The maximum Gasteiger partial charge on any atom is 0.240 e. The van der Waals surface area contributed by atoms with Gasteiger partial charge in [0.05, 0.1) is 23.6 Å². The summed E-state index contributed by atoms with van der Waals surface area (Å²) in [5.41, 5.74) is 3.02. The van der Waals surface area contributed by atoms with Crippen LogP contribution in [0.25, 0.3) is 0 Å². The summed E-state index contributed by atoms with van der Waals surface area (Å²) in [6.45, 7) is 3.86. The zero-order valence-electron chi connectivity index (χ0n) is 16.7. The van der Waals surface area contributed by atoms with Gasteiger partial charge in [-0.05, 0) is 31.6 Å². The number of aryl methyl sites for hydroxylation is 2. The Morgan fingerprint density at radius 1 is 0.967 bits per heavy atom. The molecule has 0 unspecified atom stereocenters. The number of hydrogen-bond acceptors (Lipinski definition) is 5. The maximum atomic E-state index is 13.6. The molecule has 150 valence electrons. The zero-order valence-corrected chi connectivity index (χ0v) is 16.7. The summed E-state index contributed by atoms with van der Waals surface area (Å²) in [5, 5.41) is 6.01. The maximum absolute atomic E-state index is 13.6. The minimum atomic E-state index is -0.809. The van der Waals surface area contributed by atoms with Crippen molar-refractivity contribution in [3.05, 3.63) is 77.4 Å². The van der Waals surface area contributed by atoms with Gasteiger partial charge in [-0.15, -0.1) is 0 Å². The molecule has 3 heterocycles. The van der Waals surface area contributed by atoms with E-state index in [2.05, 4.69) is 5.10 Å². The molecule has 6 heteroatoms. The molecule has 3 aliphatic heterocycles. The van der Waals surface area contributed by atoms with Gasteiger partial charge in [-0.2, -0.15) is 5.10 Å². The van der Waals surface area contributed by atoms with E-state index in [0.717, 1.165) is 11.1 Å². The Kier molecular flexibility index (Phi) is 4.17. The number of benzene rings is 2. The van der Waals surface area contributed by atoms with Gasteiger partial charge in [-0.3, -0.25) is 19.4 Å². The number of imide groups is 1. The largest absolute Gasteiger partial charge is 0.292 e. The number of allylic oxidation sites excluding steroid dienone is 1. The Morgan fingerprint density at radius 2 is 1.70 bits per heavy atom. The van der Waals surface area contributed by atoms with E-state index in [1.807, 2.05) is 44.2 Å². The van der Waals surface area contributed by atoms with Crippen molar-refractivity contribution in [2.24, 2.45) is 16.9 Å². The minimum Gasteiger partial charge on any atom is -0.292 e. The molecule has 0 aliphatic carbocycles. The first-order chi connectivity index (χ1) is 14.5. The molecule has 2 fully saturated rings. The fraction of sp³-hybridized carbons (Fsp3) is 0.250. The van der Waals surface area contributed by atoms with Gasteiger partial charge in [0.2, 0.25) is 11.8 Å². The van der Waals surface area contributed by atoms with Gasteiger partial charge in [-0.25, -0.2) is 4.90 Å². The molecule has 0 radical (unpaired) electrons. The van der Waals surface area contributed by atoms with Crippen molar-refractivity contribution >= 4 is 29.5 Å². The molecule has 30 heavy (non-hydrogen) atoms. The molecule has 0 N–H and O–H groups in total. The Balaban J connectivity index is 1.60. The van der Waals surface area contributed by atoms with Crippen LogP contribution in [0.5, 0.6) is 0 Å². The van der Waals surface area contributed by atoms with Crippen LogP contribution in [0.4, 0.5) is 5.69 Å². The monoisotopic (exact) mass is 399 g/mol. The third-order valence-corrected chi connectivity index (χ3v) is 6.21. The van der Waals surface area contributed by atoms with E-state index in [0.29, 0.717) is 11.3 Å². The Bertz CT molecular complexity index is 1120. The molecule has 5 rings (SSSR count). The second-order valence-corrected chi connectivity index (χ2v) is 8.05. The highest BCUT2D eigenvalue weighted by atomic mass is 16.2.